The zero-order valence-electron chi connectivity index (χ0n) is 13.0. The van der Waals surface area contributed by atoms with Crippen molar-refractivity contribution in [3.05, 3.63) is 47.5 Å². The van der Waals surface area contributed by atoms with Gasteiger partial charge in [0, 0.05) is 31.4 Å². The third kappa shape index (κ3) is 5.19. The van der Waals surface area contributed by atoms with E-state index in [0.717, 1.165) is 11.3 Å². The molecule has 0 saturated carbocycles. The van der Waals surface area contributed by atoms with Gasteiger partial charge in [-0.1, -0.05) is 0 Å². The van der Waals surface area contributed by atoms with Crippen molar-refractivity contribution in [2.24, 2.45) is 7.05 Å². The summed E-state index contributed by atoms with van der Waals surface area (Å²) < 4.78 is 21.0. The predicted molar refractivity (Wildman–Crippen MR) is 80.5 cm³/mol. The number of aryl methyl sites for hydroxylation is 1. The second-order valence-corrected chi connectivity index (χ2v) is 6.17. The predicted octanol–water partition coefficient (Wildman–Crippen LogP) is 3.03. The van der Waals surface area contributed by atoms with Gasteiger partial charge in [0.1, 0.15) is 18.2 Å². The Morgan fingerprint density at radius 1 is 1.29 bits per heavy atom. The van der Waals surface area contributed by atoms with Crippen molar-refractivity contribution >= 4 is 0 Å². The fraction of sp³-hybridized carbons (Fsp3) is 0.438. The maximum Gasteiger partial charge on any atom is 0.132 e. The van der Waals surface area contributed by atoms with E-state index >= 15 is 0 Å². The van der Waals surface area contributed by atoms with Gasteiger partial charge >= 0.3 is 0 Å². The van der Waals surface area contributed by atoms with Crippen LogP contribution in [0.1, 0.15) is 32.0 Å². The first kappa shape index (κ1) is 15.5. The molecule has 21 heavy (non-hydrogen) atoms. The molecule has 0 aliphatic rings. The number of nitrogens with one attached hydrogen (secondary N) is 1. The number of benzene rings is 1. The van der Waals surface area contributed by atoms with E-state index in [2.05, 4.69) is 31.2 Å². The molecule has 0 amide bonds. The second-order valence-electron chi connectivity index (χ2n) is 6.17. The molecule has 1 heterocycles. The molecule has 4 nitrogen and oxygen atoms in total. The fourth-order valence-corrected chi connectivity index (χ4v) is 1.87. The van der Waals surface area contributed by atoms with Crippen molar-refractivity contribution in [1.82, 2.24) is 15.1 Å². The average molecular weight is 291 g/mol. The quantitative estimate of drug-likeness (QED) is 0.920. The number of hydrogen-bond donors (Lipinski definition) is 1. The van der Waals surface area contributed by atoms with Gasteiger partial charge in [-0.05, 0) is 44.5 Å². The highest BCUT2D eigenvalue weighted by Crippen LogP contribution is 2.18. The van der Waals surface area contributed by atoms with Gasteiger partial charge in [-0.15, -0.1) is 0 Å². The Morgan fingerprint density at radius 3 is 2.67 bits per heavy atom. The van der Waals surface area contributed by atoms with Crippen LogP contribution in [-0.2, 0) is 20.2 Å². The number of nitrogens with zero attached hydrogens (tertiary/aromatic N) is 2. The minimum atomic E-state index is -0.292. The first-order valence-electron chi connectivity index (χ1n) is 6.98. The molecule has 0 radical (unpaired) electrons. The molecule has 2 aromatic rings. The van der Waals surface area contributed by atoms with Gasteiger partial charge in [0.15, 0.2) is 0 Å². The van der Waals surface area contributed by atoms with E-state index in [4.69, 9.17) is 4.74 Å². The lowest BCUT2D eigenvalue weighted by Crippen LogP contribution is -2.35. The van der Waals surface area contributed by atoms with Crippen molar-refractivity contribution in [3.63, 3.8) is 0 Å². The molecule has 0 bridgehead atoms. The van der Waals surface area contributed by atoms with E-state index in [9.17, 15) is 4.39 Å². The van der Waals surface area contributed by atoms with Crippen LogP contribution >= 0.6 is 0 Å². The number of rotatable bonds is 5. The Labute approximate surface area is 124 Å². The number of ether oxygens (including phenoxy) is 1. The Balaban J connectivity index is 2.01. The molecule has 0 spiro atoms. The third-order valence-corrected chi connectivity index (χ3v) is 2.91. The van der Waals surface area contributed by atoms with Crippen molar-refractivity contribution in [1.29, 1.82) is 0 Å². The normalized spacial score (nSPS) is 11.7. The van der Waals surface area contributed by atoms with Gasteiger partial charge < -0.3 is 10.1 Å². The van der Waals surface area contributed by atoms with Gasteiger partial charge in [-0.2, -0.15) is 5.10 Å². The van der Waals surface area contributed by atoms with E-state index in [1.807, 2.05) is 25.4 Å². The standard InChI is InChI=1S/C16H22FN3O/c1-16(2,3)18-10-12-7-13(17)9-15(8-12)21-11-14-5-6-20(4)19-14/h5-9,18H,10-11H2,1-4H3. The van der Waals surface area contributed by atoms with Gasteiger partial charge in [0.2, 0.25) is 0 Å². The topological polar surface area (TPSA) is 39.1 Å². The van der Waals surface area contributed by atoms with E-state index in [0.29, 0.717) is 18.9 Å². The van der Waals surface area contributed by atoms with Gasteiger partial charge in [-0.3, -0.25) is 4.68 Å². The third-order valence-electron chi connectivity index (χ3n) is 2.91. The van der Waals surface area contributed by atoms with Crippen LogP contribution in [-0.4, -0.2) is 15.3 Å². The molecule has 1 N–H and O–H groups in total. The summed E-state index contributed by atoms with van der Waals surface area (Å²) in [6.07, 6.45) is 1.85. The summed E-state index contributed by atoms with van der Waals surface area (Å²) in [6, 6.07) is 6.64. The molecule has 1 aromatic heterocycles. The minimum absolute atomic E-state index is 0.0126. The summed E-state index contributed by atoms with van der Waals surface area (Å²) in [6.45, 7) is 7.15. The summed E-state index contributed by atoms with van der Waals surface area (Å²) in [5.74, 6) is 0.227. The van der Waals surface area contributed by atoms with E-state index < -0.39 is 0 Å². The zero-order valence-corrected chi connectivity index (χ0v) is 13.0. The average Bonchev–Trinajstić information content (AvgIpc) is 2.79. The van der Waals surface area contributed by atoms with Crippen LogP contribution in [0.5, 0.6) is 5.75 Å². The van der Waals surface area contributed by atoms with Crippen LogP contribution in [0.3, 0.4) is 0 Å². The highest BCUT2D eigenvalue weighted by atomic mass is 19.1. The van der Waals surface area contributed by atoms with Crippen LogP contribution in [0.4, 0.5) is 4.39 Å². The molecular formula is C16H22FN3O. The van der Waals surface area contributed by atoms with Crippen molar-refractivity contribution < 1.29 is 9.13 Å². The summed E-state index contributed by atoms with van der Waals surface area (Å²) in [5, 5.41) is 7.56. The summed E-state index contributed by atoms with van der Waals surface area (Å²) in [4.78, 5) is 0. The lowest BCUT2D eigenvalue weighted by atomic mass is 10.1. The zero-order chi connectivity index (χ0) is 15.5. The minimum Gasteiger partial charge on any atom is -0.487 e. The largest absolute Gasteiger partial charge is 0.487 e. The molecule has 0 atom stereocenters. The summed E-state index contributed by atoms with van der Waals surface area (Å²) in [5.41, 5.74) is 1.67. The highest BCUT2D eigenvalue weighted by molar-refractivity contribution is 5.29. The van der Waals surface area contributed by atoms with Crippen LogP contribution < -0.4 is 10.1 Å². The lowest BCUT2D eigenvalue weighted by Gasteiger charge is -2.20. The fourth-order valence-electron chi connectivity index (χ4n) is 1.87. The summed E-state index contributed by atoms with van der Waals surface area (Å²) in [7, 11) is 1.85. The smallest absolute Gasteiger partial charge is 0.132 e. The molecule has 114 valence electrons. The maximum absolute atomic E-state index is 13.6. The molecule has 1 aromatic carbocycles. The molecule has 0 unspecified atom stereocenters. The van der Waals surface area contributed by atoms with Crippen molar-refractivity contribution in [2.75, 3.05) is 0 Å². The van der Waals surface area contributed by atoms with Crippen LogP contribution in [0.15, 0.2) is 30.5 Å². The Morgan fingerprint density at radius 2 is 2.05 bits per heavy atom. The van der Waals surface area contributed by atoms with E-state index in [-0.39, 0.29) is 11.4 Å². The molecule has 0 aliphatic carbocycles. The molecule has 0 fully saturated rings. The van der Waals surface area contributed by atoms with Crippen molar-refractivity contribution in [3.8, 4) is 5.75 Å². The SMILES string of the molecule is Cn1ccc(COc2cc(F)cc(CNC(C)(C)C)c2)n1. The highest BCUT2D eigenvalue weighted by Gasteiger charge is 2.10. The first-order chi connectivity index (χ1) is 9.82. The monoisotopic (exact) mass is 291 g/mol. The Bertz CT molecular complexity index is 602. The maximum atomic E-state index is 13.6. The molecular weight excluding hydrogens is 269 g/mol. The van der Waals surface area contributed by atoms with E-state index in [1.54, 1.807) is 4.68 Å². The molecule has 0 saturated heterocycles. The van der Waals surface area contributed by atoms with Gasteiger partial charge in [-0.25, -0.2) is 4.39 Å². The molecule has 5 heteroatoms. The lowest BCUT2D eigenvalue weighted by molar-refractivity contribution is 0.298. The molecule has 2 rings (SSSR count). The van der Waals surface area contributed by atoms with Gasteiger partial charge in [0.25, 0.3) is 0 Å². The van der Waals surface area contributed by atoms with E-state index in [1.165, 1.54) is 12.1 Å². The van der Waals surface area contributed by atoms with Crippen LogP contribution in [0.2, 0.25) is 0 Å². The van der Waals surface area contributed by atoms with Crippen LogP contribution in [0, 0.1) is 5.82 Å². The Hall–Kier alpha value is -1.88. The van der Waals surface area contributed by atoms with Crippen LogP contribution in [0.25, 0.3) is 0 Å². The van der Waals surface area contributed by atoms with Crippen molar-refractivity contribution in [2.45, 2.75) is 39.5 Å². The first-order valence-corrected chi connectivity index (χ1v) is 6.98. The number of hydrogen-bond acceptors (Lipinski definition) is 3. The number of halogens is 1. The summed E-state index contributed by atoms with van der Waals surface area (Å²) >= 11 is 0. The Kier molecular flexibility index (Phi) is 4.63. The number of aromatic nitrogens is 2. The molecule has 0 aliphatic heterocycles. The second kappa shape index (κ2) is 6.26. The van der Waals surface area contributed by atoms with Gasteiger partial charge in [0.05, 0.1) is 5.69 Å².